The lowest BCUT2D eigenvalue weighted by atomic mass is 9.48. The minimum absolute atomic E-state index is 0.199. The molecule has 5 atom stereocenters. The quantitative estimate of drug-likeness (QED) is 0.426. The van der Waals surface area contributed by atoms with E-state index in [0.29, 0.717) is 48.3 Å². The zero-order chi connectivity index (χ0) is 23.5. The number of rotatable bonds is 10. The molecule has 1 aromatic carbocycles. The average molecular weight is 463 g/mol. The highest BCUT2D eigenvalue weighted by molar-refractivity contribution is 5.53. The van der Waals surface area contributed by atoms with Crippen molar-refractivity contribution in [2.75, 3.05) is 37.4 Å². The van der Waals surface area contributed by atoms with Crippen molar-refractivity contribution in [3.05, 3.63) is 41.6 Å². The SMILES string of the molecule is COc1ccccc1CNc1ncc(C#N)c(NCC23CC4C[C@H](C2)C(NCCO)[C@@H](C4)C3)n1. The number of aliphatic hydroxyl groups excluding tert-OH is 1. The van der Waals surface area contributed by atoms with Crippen LogP contribution in [0.2, 0.25) is 0 Å². The monoisotopic (exact) mass is 462 g/mol. The fraction of sp³-hybridized carbons (Fsp3) is 0.577. The molecule has 1 heterocycles. The number of aromatic nitrogens is 2. The van der Waals surface area contributed by atoms with Gasteiger partial charge in [-0.15, -0.1) is 0 Å². The van der Waals surface area contributed by atoms with Gasteiger partial charge in [0.25, 0.3) is 0 Å². The summed E-state index contributed by atoms with van der Waals surface area (Å²) in [4.78, 5) is 8.99. The highest BCUT2D eigenvalue weighted by Gasteiger charge is 2.54. The Balaban J connectivity index is 1.26. The maximum Gasteiger partial charge on any atom is 0.224 e. The number of para-hydroxylation sites is 1. The second-order valence-electron chi connectivity index (χ2n) is 10.3. The van der Waals surface area contributed by atoms with Crippen molar-refractivity contribution in [3.63, 3.8) is 0 Å². The lowest BCUT2D eigenvalue weighted by Gasteiger charge is -2.60. The standard InChI is InChI=1S/C26H34N6O2/c1-34-22-5-3-2-4-18(22)14-29-25-30-15-21(13-27)24(32-25)31-16-26-10-17-8-19(11-26)23(28-6-7-33)20(9-17)12-26/h2-5,15,17,19-20,23,28,33H,6-12,14,16H2,1H3,(H2,29,30,31,32)/t17?,19-,20+,23?,26?. The molecule has 4 bridgehead atoms. The van der Waals surface area contributed by atoms with Crippen LogP contribution in [0.1, 0.15) is 43.2 Å². The molecule has 0 saturated heterocycles. The highest BCUT2D eigenvalue weighted by Crippen LogP contribution is 2.60. The Kier molecular flexibility index (Phi) is 6.57. The third kappa shape index (κ3) is 4.55. The maximum absolute atomic E-state index is 9.63. The molecule has 2 aromatic rings. The van der Waals surface area contributed by atoms with Crippen molar-refractivity contribution < 1.29 is 9.84 Å². The molecule has 8 heteroatoms. The van der Waals surface area contributed by atoms with E-state index in [2.05, 4.69) is 32.0 Å². The molecule has 4 saturated carbocycles. The molecule has 34 heavy (non-hydrogen) atoms. The van der Waals surface area contributed by atoms with Gasteiger partial charge in [-0.25, -0.2) is 4.98 Å². The molecule has 180 valence electrons. The Morgan fingerprint density at radius 3 is 2.71 bits per heavy atom. The van der Waals surface area contributed by atoms with Gasteiger partial charge in [-0.2, -0.15) is 10.2 Å². The minimum atomic E-state index is 0.199. The molecule has 8 nitrogen and oxygen atoms in total. The van der Waals surface area contributed by atoms with Crippen molar-refractivity contribution >= 4 is 11.8 Å². The van der Waals surface area contributed by atoms with Crippen LogP contribution in [-0.4, -0.2) is 47.9 Å². The van der Waals surface area contributed by atoms with Crippen molar-refractivity contribution in [1.29, 1.82) is 5.26 Å². The van der Waals surface area contributed by atoms with Gasteiger partial charge in [-0.3, -0.25) is 0 Å². The first-order valence-corrected chi connectivity index (χ1v) is 12.3. The Bertz CT molecular complexity index is 1040. The first-order chi connectivity index (χ1) is 16.6. The van der Waals surface area contributed by atoms with Gasteiger partial charge in [0.15, 0.2) is 0 Å². The lowest BCUT2D eigenvalue weighted by molar-refractivity contribution is -0.0698. The van der Waals surface area contributed by atoms with E-state index in [-0.39, 0.29) is 12.0 Å². The fourth-order valence-corrected chi connectivity index (χ4v) is 6.95. The van der Waals surface area contributed by atoms with Crippen molar-refractivity contribution in [3.8, 4) is 11.8 Å². The third-order valence-corrected chi connectivity index (χ3v) is 8.06. The number of methoxy groups -OCH3 is 1. The molecule has 0 amide bonds. The summed E-state index contributed by atoms with van der Waals surface area (Å²) >= 11 is 0. The maximum atomic E-state index is 9.63. The van der Waals surface area contributed by atoms with Crippen molar-refractivity contribution in [2.24, 2.45) is 23.2 Å². The topological polar surface area (TPSA) is 115 Å². The average Bonchev–Trinajstić information content (AvgIpc) is 2.85. The summed E-state index contributed by atoms with van der Waals surface area (Å²) in [7, 11) is 1.66. The van der Waals surface area contributed by atoms with Crippen LogP contribution >= 0.6 is 0 Å². The van der Waals surface area contributed by atoms with Gasteiger partial charge in [0.2, 0.25) is 5.95 Å². The largest absolute Gasteiger partial charge is 0.496 e. The number of aliphatic hydroxyl groups is 1. The second-order valence-corrected chi connectivity index (χ2v) is 10.3. The summed E-state index contributed by atoms with van der Waals surface area (Å²) in [5.41, 5.74) is 1.75. The first-order valence-electron chi connectivity index (χ1n) is 12.3. The van der Waals surface area contributed by atoms with Gasteiger partial charge in [-0.05, 0) is 61.3 Å². The van der Waals surface area contributed by atoms with Crippen LogP contribution in [0.5, 0.6) is 5.75 Å². The van der Waals surface area contributed by atoms with Crippen LogP contribution in [0, 0.1) is 34.5 Å². The number of benzene rings is 1. The summed E-state index contributed by atoms with van der Waals surface area (Å²) in [6.45, 7) is 2.25. The predicted octanol–water partition coefficient (Wildman–Crippen LogP) is 3.16. The number of hydrogen-bond acceptors (Lipinski definition) is 8. The fourth-order valence-electron chi connectivity index (χ4n) is 6.95. The first kappa shape index (κ1) is 22.9. The van der Waals surface area contributed by atoms with Crippen LogP contribution in [0.15, 0.2) is 30.5 Å². The minimum Gasteiger partial charge on any atom is -0.496 e. The third-order valence-electron chi connectivity index (χ3n) is 8.06. The van der Waals surface area contributed by atoms with Gasteiger partial charge in [-0.1, -0.05) is 18.2 Å². The number of nitrogens with zero attached hydrogens (tertiary/aromatic N) is 3. The summed E-state index contributed by atoms with van der Waals surface area (Å²) in [5, 5.41) is 29.3. The Morgan fingerprint density at radius 1 is 1.18 bits per heavy atom. The molecule has 4 aliphatic rings. The second kappa shape index (κ2) is 9.77. The van der Waals surface area contributed by atoms with Gasteiger partial charge < -0.3 is 25.8 Å². The molecule has 0 radical (unpaired) electrons. The zero-order valence-electron chi connectivity index (χ0n) is 19.8. The van der Waals surface area contributed by atoms with Gasteiger partial charge >= 0.3 is 0 Å². The van der Waals surface area contributed by atoms with E-state index in [4.69, 9.17) is 4.74 Å². The molecule has 0 aliphatic heterocycles. The number of nitrogens with one attached hydrogen (secondary N) is 3. The Hall–Kier alpha value is -2.89. The molecule has 0 spiro atoms. The van der Waals surface area contributed by atoms with E-state index in [1.54, 1.807) is 13.3 Å². The smallest absolute Gasteiger partial charge is 0.224 e. The number of hydrogen-bond donors (Lipinski definition) is 4. The van der Waals surface area contributed by atoms with Gasteiger partial charge in [0.05, 0.1) is 19.9 Å². The summed E-state index contributed by atoms with van der Waals surface area (Å²) in [6.07, 6.45) is 7.84. The van der Waals surface area contributed by atoms with Crippen molar-refractivity contribution in [1.82, 2.24) is 15.3 Å². The van der Waals surface area contributed by atoms with E-state index in [0.717, 1.165) is 23.8 Å². The molecule has 4 fully saturated rings. The van der Waals surface area contributed by atoms with Crippen LogP contribution in [0.25, 0.3) is 0 Å². The molecular formula is C26H34N6O2. The van der Waals surface area contributed by atoms with Gasteiger partial charge in [0.1, 0.15) is 23.2 Å². The summed E-state index contributed by atoms with van der Waals surface area (Å²) < 4.78 is 5.43. The van der Waals surface area contributed by atoms with Crippen LogP contribution < -0.4 is 20.7 Å². The van der Waals surface area contributed by atoms with Crippen LogP contribution in [-0.2, 0) is 6.54 Å². The predicted molar refractivity (Wildman–Crippen MR) is 130 cm³/mol. The molecule has 4 aliphatic carbocycles. The molecule has 3 unspecified atom stereocenters. The molecule has 4 N–H and O–H groups in total. The zero-order valence-corrected chi connectivity index (χ0v) is 19.8. The molecule has 1 aromatic heterocycles. The molecule has 6 rings (SSSR count). The van der Waals surface area contributed by atoms with E-state index in [9.17, 15) is 10.4 Å². The van der Waals surface area contributed by atoms with E-state index < -0.39 is 0 Å². The normalized spacial score (nSPS) is 29.0. The van der Waals surface area contributed by atoms with Gasteiger partial charge in [0, 0.05) is 31.2 Å². The molecular weight excluding hydrogens is 428 g/mol. The Labute approximate surface area is 201 Å². The summed E-state index contributed by atoms with van der Waals surface area (Å²) in [5.74, 6) is 4.06. The summed E-state index contributed by atoms with van der Waals surface area (Å²) in [6, 6.07) is 10.6. The van der Waals surface area contributed by atoms with E-state index >= 15 is 0 Å². The highest BCUT2D eigenvalue weighted by atomic mass is 16.5. The number of nitriles is 1. The number of ether oxygens (including phenoxy) is 1. The Morgan fingerprint density at radius 2 is 1.97 bits per heavy atom. The van der Waals surface area contributed by atoms with Crippen LogP contribution in [0.3, 0.4) is 0 Å². The van der Waals surface area contributed by atoms with Crippen molar-refractivity contribution in [2.45, 2.75) is 44.7 Å². The van der Waals surface area contributed by atoms with Crippen LogP contribution in [0.4, 0.5) is 11.8 Å². The van der Waals surface area contributed by atoms with E-state index in [1.165, 1.54) is 32.1 Å². The van der Waals surface area contributed by atoms with E-state index in [1.807, 2.05) is 24.3 Å². The lowest BCUT2D eigenvalue weighted by Crippen LogP contribution is -2.60. The number of anilines is 2.